The van der Waals surface area contributed by atoms with Gasteiger partial charge in [-0.3, -0.25) is 0 Å². The highest BCUT2D eigenvalue weighted by atomic mass is 16.7. The molecule has 1 amide bonds. The van der Waals surface area contributed by atoms with Crippen molar-refractivity contribution in [2.75, 3.05) is 19.8 Å². The molecular formula is C16H27NO12. The Hall–Kier alpha value is -1.39. The van der Waals surface area contributed by atoms with Crippen molar-refractivity contribution in [3.05, 3.63) is 12.7 Å². The Kier molecular flexibility index (Phi) is 8.72. The van der Waals surface area contributed by atoms with Gasteiger partial charge in [-0.2, -0.15) is 0 Å². The van der Waals surface area contributed by atoms with Crippen molar-refractivity contribution in [2.45, 2.75) is 61.3 Å². The van der Waals surface area contributed by atoms with Crippen LogP contribution in [0.2, 0.25) is 0 Å². The summed E-state index contributed by atoms with van der Waals surface area (Å²) >= 11 is 0. The fourth-order valence-corrected chi connectivity index (χ4v) is 3.05. The van der Waals surface area contributed by atoms with Crippen LogP contribution < -0.4 is 5.32 Å². The normalized spacial score (nSPS) is 42.9. The van der Waals surface area contributed by atoms with E-state index in [0.29, 0.717) is 0 Å². The predicted molar refractivity (Wildman–Crippen MR) is 91.1 cm³/mol. The lowest BCUT2D eigenvalue weighted by atomic mass is 9.95. The lowest BCUT2D eigenvalue weighted by Crippen LogP contribution is -2.67. The molecule has 0 aromatic carbocycles. The predicted octanol–water partition coefficient (Wildman–Crippen LogP) is -4.48. The monoisotopic (exact) mass is 425 g/mol. The summed E-state index contributed by atoms with van der Waals surface area (Å²) in [4.78, 5) is 11.7. The molecule has 168 valence electrons. The number of hydrogen-bond acceptors (Lipinski definition) is 12. The van der Waals surface area contributed by atoms with Gasteiger partial charge in [-0.05, 0) is 0 Å². The summed E-state index contributed by atoms with van der Waals surface area (Å²) in [7, 11) is 0. The van der Waals surface area contributed by atoms with Crippen LogP contribution in [0.3, 0.4) is 0 Å². The number of amides is 1. The summed E-state index contributed by atoms with van der Waals surface area (Å²) in [6.45, 7) is 1.82. The van der Waals surface area contributed by atoms with Crippen LogP contribution in [-0.4, -0.2) is 123 Å². The van der Waals surface area contributed by atoms with Crippen LogP contribution in [0.4, 0.5) is 4.79 Å². The number of aliphatic hydroxyl groups is 7. The number of aliphatic hydroxyl groups excluding tert-OH is 7. The first kappa shape index (κ1) is 23.9. The third-order valence-corrected chi connectivity index (χ3v) is 4.63. The quantitative estimate of drug-likeness (QED) is 0.182. The lowest BCUT2D eigenvalue weighted by molar-refractivity contribution is -0.345. The fraction of sp³-hybridized carbons (Fsp3) is 0.812. The second-order valence-corrected chi connectivity index (χ2v) is 6.59. The van der Waals surface area contributed by atoms with Crippen LogP contribution in [0.15, 0.2) is 12.7 Å². The van der Waals surface area contributed by atoms with Crippen molar-refractivity contribution in [3.8, 4) is 0 Å². The van der Waals surface area contributed by atoms with E-state index < -0.39 is 80.7 Å². The number of hydrogen-bond donors (Lipinski definition) is 8. The maximum atomic E-state index is 11.7. The van der Waals surface area contributed by atoms with Crippen LogP contribution in [0.1, 0.15) is 0 Å². The van der Waals surface area contributed by atoms with Gasteiger partial charge in [0.2, 0.25) is 0 Å². The zero-order valence-electron chi connectivity index (χ0n) is 15.4. The van der Waals surface area contributed by atoms with Crippen LogP contribution >= 0.6 is 0 Å². The van der Waals surface area contributed by atoms with E-state index in [0.717, 1.165) is 0 Å². The molecule has 0 radical (unpaired) electrons. The summed E-state index contributed by atoms with van der Waals surface area (Å²) in [5, 5.41) is 71.2. The molecule has 29 heavy (non-hydrogen) atoms. The van der Waals surface area contributed by atoms with Crippen LogP contribution in [0, 0.1) is 0 Å². The average Bonchev–Trinajstić information content (AvgIpc) is 2.71. The van der Waals surface area contributed by atoms with Crippen LogP contribution in [0.5, 0.6) is 0 Å². The van der Waals surface area contributed by atoms with Crippen molar-refractivity contribution >= 4 is 6.09 Å². The van der Waals surface area contributed by atoms with Gasteiger partial charge in [0.05, 0.1) is 13.2 Å². The molecule has 0 aromatic heterocycles. The molecule has 10 atom stereocenters. The molecule has 2 aliphatic heterocycles. The maximum Gasteiger partial charge on any atom is 0.407 e. The van der Waals surface area contributed by atoms with E-state index in [9.17, 15) is 40.5 Å². The molecule has 0 aliphatic carbocycles. The van der Waals surface area contributed by atoms with Gasteiger partial charge >= 0.3 is 6.09 Å². The molecule has 8 N–H and O–H groups in total. The van der Waals surface area contributed by atoms with Gasteiger partial charge in [-0.15, -0.1) is 0 Å². The van der Waals surface area contributed by atoms with Gasteiger partial charge in [0.1, 0.15) is 55.4 Å². The molecule has 0 aromatic rings. The molecule has 0 bridgehead atoms. The van der Waals surface area contributed by atoms with Crippen LogP contribution in [-0.2, 0) is 18.9 Å². The average molecular weight is 425 g/mol. The summed E-state index contributed by atoms with van der Waals surface area (Å²) in [6.07, 6.45) is -13.8. The van der Waals surface area contributed by atoms with E-state index in [4.69, 9.17) is 18.9 Å². The Balaban J connectivity index is 2.13. The summed E-state index contributed by atoms with van der Waals surface area (Å²) in [6, 6.07) is -1.44. The number of rotatable bonds is 7. The molecule has 0 saturated carbocycles. The van der Waals surface area contributed by atoms with Crippen LogP contribution in [0.25, 0.3) is 0 Å². The molecule has 2 saturated heterocycles. The molecule has 2 fully saturated rings. The minimum atomic E-state index is -1.77. The van der Waals surface area contributed by atoms with Crippen molar-refractivity contribution in [3.63, 3.8) is 0 Å². The second kappa shape index (κ2) is 10.6. The van der Waals surface area contributed by atoms with E-state index in [1.54, 1.807) is 0 Å². The Morgan fingerprint density at radius 1 is 0.966 bits per heavy atom. The van der Waals surface area contributed by atoms with E-state index in [1.807, 2.05) is 0 Å². The van der Waals surface area contributed by atoms with Gasteiger partial charge in [0.15, 0.2) is 12.6 Å². The topological polar surface area (TPSA) is 208 Å². The van der Waals surface area contributed by atoms with Crippen molar-refractivity contribution < 1.29 is 59.5 Å². The lowest BCUT2D eigenvalue weighted by Gasteiger charge is -2.46. The highest BCUT2D eigenvalue weighted by molar-refractivity contribution is 5.67. The number of nitrogens with one attached hydrogen (secondary N) is 1. The standard InChI is InChI=1S/C16H27NO12/c1-2-3-26-16(25)17-8-10(21)13(7(5-19)27-14(8)24)29-15-12(23)11(22)9(20)6(4-18)28-15/h2,6-15,18-24H,1,3-5H2,(H,17,25)/t6?,7?,8-,9-,10?,11?,12-,13+,14?,15-/m0/s1. The minimum absolute atomic E-state index is 0.129. The van der Waals surface area contributed by atoms with E-state index in [1.165, 1.54) is 6.08 Å². The van der Waals surface area contributed by atoms with Gasteiger partial charge < -0.3 is 60.0 Å². The third-order valence-electron chi connectivity index (χ3n) is 4.63. The Labute approximate surface area is 165 Å². The van der Waals surface area contributed by atoms with E-state index in [-0.39, 0.29) is 6.61 Å². The fourth-order valence-electron chi connectivity index (χ4n) is 3.05. The molecule has 2 aliphatic rings. The molecule has 5 unspecified atom stereocenters. The SMILES string of the molecule is C=CCOC(=O)N[C@@H]1C(O)OC(CO)[C@@H](O[C@@H]2OC(CO)[C@H](O)C(O)[C@@H]2O)C1O. The Morgan fingerprint density at radius 2 is 1.62 bits per heavy atom. The zero-order valence-corrected chi connectivity index (χ0v) is 15.4. The summed E-state index contributed by atoms with van der Waals surface area (Å²) in [5.41, 5.74) is 0. The first-order valence-electron chi connectivity index (χ1n) is 8.87. The summed E-state index contributed by atoms with van der Waals surface area (Å²) < 4.78 is 20.5. The molecule has 0 spiro atoms. The van der Waals surface area contributed by atoms with Crippen molar-refractivity contribution in [1.29, 1.82) is 0 Å². The highest BCUT2D eigenvalue weighted by Gasteiger charge is 2.50. The summed E-state index contributed by atoms with van der Waals surface area (Å²) in [5.74, 6) is 0. The molecule has 13 heteroatoms. The van der Waals surface area contributed by atoms with E-state index >= 15 is 0 Å². The highest BCUT2D eigenvalue weighted by Crippen LogP contribution is 2.28. The Morgan fingerprint density at radius 3 is 2.21 bits per heavy atom. The second-order valence-electron chi connectivity index (χ2n) is 6.59. The number of carbonyl (C=O) groups is 1. The minimum Gasteiger partial charge on any atom is -0.445 e. The number of alkyl carbamates (subject to hydrolysis) is 1. The largest absolute Gasteiger partial charge is 0.445 e. The molecule has 13 nitrogen and oxygen atoms in total. The van der Waals surface area contributed by atoms with E-state index in [2.05, 4.69) is 11.9 Å². The van der Waals surface area contributed by atoms with Gasteiger partial charge in [0.25, 0.3) is 0 Å². The number of carbonyl (C=O) groups excluding carboxylic acids is 1. The molecule has 2 rings (SSSR count). The van der Waals surface area contributed by atoms with Gasteiger partial charge in [0, 0.05) is 0 Å². The Bertz CT molecular complexity index is 548. The number of ether oxygens (including phenoxy) is 4. The molecular weight excluding hydrogens is 398 g/mol. The van der Waals surface area contributed by atoms with Crippen molar-refractivity contribution in [2.24, 2.45) is 0 Å². The first-order chi connectivity index (χ1) is 13.7. The smallest absolute Gasteiger partial charge is 0.407 e. The van der Waals surface area contributed by atoms with Gasteiger partial charge in [-0.25, -0.2) is 4.79 Å². The maximum absolute atomic E-state index is 11.7. The molecule has 2 heterocycles. The zero-order chi connectivity index (χ0) is 21.7. The third kappa shape index (κ3) is 5.40. The first-order valence-corrected chi connectivity index (χ1v) is 8.87. The van der Waals surface area contributed by atoms with Gasteiger partial charge in [-0.1, -0.05) is 12.7 Å². The van der Waals surface area contributed by atoms with Crippen molar-refractivity contribution in [1.82, 2.24) is 5.32 Å².